The van der Waals surface area contributed by atoms with Gasteiger partial charge in [0.25, 0.3) is 0 Å². The third kappa shape index (κ3) is 7.74. The maximum absolute atomic E-state index is 14.1. The molecule has 0 spiro atoms. The second-order valence-corrected chi connectivity index (χ2v) is 11.3. The van der Waals surface area contributed by atoms with E-state index in [1.807, 2.05) is 58.9 Å². The summed E-state index contributed by atoms with van der Waals surface area (Å²) in [6, 6.07) is 5.97. The minimum absolute atomic E-state index is 0.0647. The van der Waals surface area contributed by atoms with Crippen LogP contribution in [-0.4, -0.2) is 46.5 Å². The van der Waals surface area contributed by atoms with Gasteiger partial charge in [-0.05, 0) is 77.3 Å². The molecule has 1 aliphatic carbocycles. The van der Waals surface area contributed by atoms with E-state index in [1.165, 1.54) is 0 Å². The summed E-state index contributed by atoms with van der Waals surface area (Å²) in [4.78, 5) is 42.0. The van der Waals surface area contributed by atoms with Gasteiger partial charge in [0.15, 0.2) is 0 Å². The molecule has 4 atom stereocenters. The Balaban J connectivity index is 2.49. The highest BCUT2D eigenvalue weighted by Gasteiger charge is 2.48. The minimum Gasteiger partial charge on any atom is -0.444 e. The standard InChI is InChI=1S/C27H43N3O4/c1-16(2)14-21(29-26(33)34-27(7,8)9)25(32)30(22-15-19(22)6)23(24(31)28-17(3)4)20-13-11-10-12-18(20)5/h10-13,16-17,19,21-23H,14-15H2,1-9H3,(H,28,31)(H,29,33). The van der Waals surface area contributed by atoms with Crippen LogP contribution in [-0.2, 0) is 14.3 Å². The molecule has 1 aromatic rings. The van der Waals surface area contributed by atoms with Crippen molar-refractivity contribution in [3.05, 3.63) is 35.4 Å². The molecule has 4 unspecified atom stereocenters. The van der Waals surface area contributed by atoms with Gasteiger partial charge in [-0.15, -0.1) is 0 Å². The molecule has 2 rings (SSSR count). The average Bonchev–Trinajstić information content (AvgIpc) is 3.39. The van der Waals surface area contributed by atoms with Crippen molar-refractivity contribution in [1.29, 1.82) is 0 Å². The zero-order valence-electron chi connectivity index (χ0n) is 22.3. The molecule has 3 amide bonds. The van der Waals surface area contributed by atoms with E-state index in [0.29, 0.717) is 6.42 Å². The number of benzene rings is 1. The zero-order valence-corrected chi connectivity index (χ0v) is 22.3. The van der Waals surface area contributed by atoms with Crippen LogP contribution in [0.3, 0.4) is 0 Å². The molecule has 0 aliphatic heterocycles. The molecule has 0 aromatic heterocycles. The summed E-state index contributed by atoms with van der Waals surface area (Å²) < 4.78 is 5.44. The van der Waals surface area contributed by atoms with Gasteiger partial charge in [0.2, 0.25) is 11.8 Å². The SMILES string of the molecule is Cc1ccccc1C(C(=O)NC(C)C)N(C(=O)C(CC(C)C)NC(=O)OC(C)(C)C)C1CC1C. The van der Waals surface area contributed by atoms with Crippen LogP contribution in [0.4, 0.5) is 4.79 Å². The van der Waals surface area contributed by atoms with E-state index < -0.39 is 23.8 Å². The number of carbonyl (C=O) groups is 3. The van der Waals surface area contributed by atoms with Crippen molar-refractivity contribution in [2.45, 2.75) is 105 Å². The van der Waals surface area contributed by atoms with E-state index in [2.05, 4.69) is 17.6 Å². The van der Waals surface area contributed by atoms with Gasteiger partial charge in [-0.25, -0.2) is 4.79 Å². The van der Waals surface area contributed by atoms with E-state index in [1.54, 1.807) is 25.7 Å². The largest absolute Gasteiger partial charge is 0.444 e. The Morgan fingerprint density at radius 1 is 1.09 bits per heavy atom. The van der Waals surface area contributed by atoms with E-state index in [0.717, 1.165) is 17.5 Å². The van der Waals surface area contributed by atoms with Crippen molar-refractivity contribution in [2.75, 3.05) is 0 Å². The number of rotatable bonds is 9. The number of aryl methyl sites for hydroxylation is 1. The number of carbonyl (C=O) groups excluding carboxylic acids is 3. The van der Waals surface area contributed by atoms with Crippen molar-refractivity contribution in [2.24, 2.45) is 11.8 Å². The summed E-state index contributed by atoms with van der Waals surface area (Å²) in [5, 5.41) is 5.81. The molecule has 190 valence electrons. The fraction of sp³-hybridized carbons (Fsp3) is 0.667. The van der Waals surface area contributed by atoms with Gasteiger partial charge in [0.1, 0.15) is 17.7 Å². The number of alkyl carbamates (subject to hydrolysis) is 1. The van der Waals surface area contributed by atoms with Gasteiger partial charge in [-0.1, -0.05) is 45.0 Å². The van der Waals surface area contributed by atoms with Gasteiger partial charge >= 0.3 is 6.09 Å². The summed E-state index contributed by atoms with van der Waals surface area (Å²) >= 11 is 0. The lowest BCUT2D eigenvalue weighted by molar-refractivity contribution is -0.144. The maximum atomic E-state index is 14.1. The van der Waals surface area contributed by atoms with Crippen LogP contribution in [0.2, 0.25) is 0 Å². The first-order valence-corrected chi connectivity index (χ1v) is 12.4. The number of hydrogen-bond donors (Lipinski definition) is 2. The molecule has 1 fully saturated rings. The van der Waals surface area contributed by atoms with Gasteiger partial charge in [-0.3, -0.25) is 9.59 Å². The first-order chi connectivity index (χ1) is 15.7. The molecule has 0 saturated heterocycles. The molecular formula is C27H43N3O4. The Morgan fingerprint density at radius 3 is 2.15 bits per heavy atom. The lowest BCUT2D eigenvalue weighted by atomic mass is 9.96. The zero-order chi connectivity index (χ0) is 25.8. The number of amides is 3. The highest BCUT2D eigenvalue weighted by molar-refractivity contribution is 5.93. The summed E-state index contributed by atoms with van der Waals surface area (Å²) in [7, 11) is 0. The van der Waals surface area contributed by atoms with Crippen LogP contribution in [0.15, 0.2) is 24.3 Å². The summed E-state index contributed by atoms with van der Waals surface area (Å²) in [6.07, 6.45) is 0.640. The predicted molar refractivity (Wildman–Crippen MR) is 134 cm³/mol. The molecule has 34 heavy (non-hydrogen) atoms. The Bertz CT molecular complexity index is 875. The van der Waals surface area contributed by atoms with Crippen LogP contribution in [0, 0.1) is 18.8 Å². The molecule has 2 N–H and O–H groups in total. The number of hydrogen-bond acceptors (Lipinski definition) is 4. The van der Waals surface area contributed by atoms with Crippen molar-refractivity contribution in [1.82, 2.24) is 15.5 Å². The van der Waals surface area contributed by atoms with Crippen LogP contribution >= 0.6 is 0 Å². The van der Waals surface area contributed by atoms with Gasteiger partial charge in [-0.2, -0.15) is 0 Å². The molecule has 0 heterocycles. The molecule has 7 heteroatoms. The summed E-state index contributed by atoms with van der Waals surface area (Å²) in [6.45, 7) is 17.2. The van der Waals surface area contributed by atoms with Crippen LogP contribution < -0.4 is 10.6 Å². The molecular weight excluding hydrogens is 430 g/mol. The Kier molecular flexibility index (Phi) is 9.15. The molecule has 7 nitrogen and oxygen atoms in total. The third-order valence-electron chi connectivity index (χ3n) is 5.82. The van der Waals surface area contributed by atoms with Crippen LogP contribution in [0.5, 0.6) is 0 Å². The smallest absolute Gasteiger partial charge is 0.408 e. The normalized spacial score (nSPS) is 19.4. The lowest BCUT2D eigenvalue weighted by Crippen LogP contribution is -2.54. The Labute approximate surface area is 205 Å². The van der Waals surface area contributed by atoms with E-state index in [9.17, 15) is 14.4 Å². The van der Waals surface area contributed by atoms with Crippen molar-refractivity contribution < 1.29 is 19.1 Å². The molecule has 1 saturated carbocycles. The van der Waals surface area contributed by atoms with Crippen molar-refractivity contribution in [3.8, 4) is 0 Å². The van der Waals surface area contributed by atoms with Crippen molar-refractivity contribution in [3.63, 3.8) is 0 Å². The van der Waals surface area contributed by atoms with Crippen LogP contribution in [0.25, 0.3) is 0 Å². The Morgan fingerprint density at radius 2 is 1.68 bits per heavy atom. The fourth-order valence-corrected chi connectivity index (χ4v) is 4.17. The maximum Gasteiger partial charge on any atom is 0.408 e. The first-order valence-electron chi connectivity index (χ1n) is 12.4. The summed E-state index contributed by atoms with van der Waals surface area (Å²) in [5.74, 6) is -0.0225. The van der Waals surface area contributed by atoms with Gasteiger partial charge in [0.05, 0.1) is 0 Å². The molecule has 1 aromatic carbocycles. The number of ether oxygens (including phenoxy) is 1. The van der Waals surface area contributed by atoms with E-state index in [4.69, 9.17) is 4.74 Å². The quantitative estimate of drug-likeness (QED) is 0.542. The topological polar surface area (TPSA) is 87.7 Å². The van der Waals surface area contributed by atoms with Gasteiger partial charge < -0.3 is 20.3 Å². The highest BCUT2D eigenvalue weighted by atomic mass is 16.6. The molecule has 1 aliphatic rings. The van der Waals surface area contributed by atoms with E-state index >= 15 is 0 Å². The number of nitrogens with zero attached hydrogens (tertiary/aromatic N) is 1. The highest BCUT2D eigenvalue weighted by Crippen LogP contribution is 2.41. The lowest BCUT2D eigenvalue weighted by Gasteiger charge is -2.36. The monoisotopic (exact) mass is 473 g/mol. The second kappa shape index (κ2) is 11.2. The Hall–Kier alpha value is -2.57. The van der Waals surface area contributed by atoms with Crippen LogP contribution in [0.1, 0.15) is 85.4 Å². The fourth-order valence-electron chi connectivity index (χ4n) is 4.17. The second-order valence-electron chi connectivity index (χ2n) is 11.3. The molecule has 0 radical (unpaired) electrons. The number of nitrogens with one attached hydrogen (secondary N) is 2. The van der Waals surface area contributed by atoms with E-state index in [-0.39, 0.29) is 35.7 Å². The minimum atomic E-state index is -0.791. The predicted octanol–water partition coefficient (Wildman–Crippen LogP) is 4.74. The van der Waals surface area contributed by atoms with Gasteiger partial charge in [0, 0.05) is 12.1 Å². The molecule has 0 bridgehead atoms. The average molecular weight is 474 g/mol. The summed E-state index contributed by atoms with van der Waals surface area (Å²) in [5.41, 5.74) is 1.06. The first kappa shape index (κ1) is 27.7. The van der Waals surface area contributed by atoms with Crippen molar-refractivity contribution >= 4 is 17.9 Å². The third-order valence-corrected chi connectivity index (χ3v) is 5.82.